The first kappa shape index (κ1) is 11.5. The quantitative estimate of drug-likeness (QED) is 0.483. The van der Waals surface area contributed by atoms with Crippen LogP contribution in [0.25, 0.3) is 0 Å². The van der Waals surface area contributed by atoms with Crippen LogP contribution in [0.3, 0.4) is 0 Å². The zero-order chi connectivity index (χ0) is 11.3. The maximum atomic E-state index is 11.2. The average molecular weight is 240 g/mol. The predicted octanol–water partition coefficient (Wildman–Crippen LogP) is -0.640. The van der Waals surface area contributed by atoms with Crippen LogP contribution < -0.4 is 0 Å². The summed E-state index contributed by atoms with van der Waals surface area (Å²) in [5.41, 5.74) is 0. The predicted molar refractivity (Wildman–Crippen MR) is 46.8 cm³/mol. The minimum Gasteiger partial charge on any atom is -0.385 e. The fourth-order valence-electron chi connectivity index (χ4n) is 1.83. The first-order chi connectivity index (χ1) is 6.82. The van der Waals surface area contributed by atoms with E-state index < -0.39 is 31.9 Å². The van der Waals surface area contributed by atoms with Crippen LogP contribution in [0.4, 0.5) is 0 Å². The van der Waals surface area contributed by atoms with Gasteiger partial charge in [0.1, 0.15) is 6.10 Å². The van der Waals surface area contributed by atoms with Gasteiger partial charge in [-0.3, -0.25) is 9.05 Å². The Morgan fingerprint density at radius 1 is 1.53 bits per heavy atom. The molecule has 0 aromatic rings. The highest BCUT2D eigenvalue weighted by atomic mass is 31.2. The van der Waals surface area contributed by atoms with Crippen LogP contribution in [0.5, 0.6) is 0 Å². The molecule has 5 unspecified atom stereocenters. The van der Waals surface area contributed by atoms with Crippen molar-refractivity contribution in [2.75, 3.05) is 6.61 Å². The third-order valence-electron chi connectivity index (χ3n) is 2.53. The molecule has 0 radical (unpaired) electrons. The molecule has 88 valence electrons. The number of rotatable bonds is 0. The molecule has 0 aromatic heterocycles. The highest BCUT2D eigenvalue weighted by molar-refractivity contribution is 7.47. The van der Waals surface area contributed by atoms with Crippen LogP contribution in [0, 0.1) is 0 Å². The van der Waals surface area contributed by atoms with Crippen molar-refractivity contribution >= 4 is 7.82 Å². The Balaban J connectivity index is 2.30. The number of hydrogen-bond acceptors (Lipinski definition) is 6. The van der Waals surface area contributed by atoms with Crippen molar-refractivity contribution in [3.63, 3.8) is 0 Å². The van der Waals surface area contributed by atoms with Gasteiger partial charge in [-0.1, -0.05) is 0 Å². The minimum atomic E-state index is -4.32. The van der Waals surface area contributed by atoms with Gasteiger partial charge in [-0.15, -0.1) is 0 Å². The summed E-state index contributed by atoms with van der Waals surface area (Å²) < 4.78 is 25.6. The van der Waals surface area contributed by atoms with Gasteiger partial charge in [-0.05, 0) is 6.92 Å². The van der Waals surface area contributed by atoms with Crippen LogP contribution in [0.15, 0.2) is 0 Å². The van der Waals surface area contributed by atoms with Gasteiger partial charge in [0.15, 0.2) is 0 Å². The van der Waals surface area contributed by atoms with Gasteiger partial charge in [-0.25, -0.2) is 4.57 Å². The Labute approximate surface area is 86.2 Å². The van der Waals surface area contributed by atoms with Crippen LogP contribution in [0.2, 0.25) is 0 Å². The summed E-state index contributed by atoms with van der Waals surface area (Å²) in [6.07, 6.45) is -2.72. The second-order valence-electron chi connectivity index (χ2n) is 3.81. The molecule has 3 N–H and O–H groups in total. The van der Waals surface area contributed by atoms with E-state index in [1.54, 1.807) is 6.92 Å². The first-order valence-corrected chi connectivity index (χ1v) is 6.06. The van der Waals surface area contributed by atoms with E-state index in [0.29, 0.717) is 0 Å². The molecule has 0 saturated carbocycles. The molecule has 2 fully saturated rings. The smallest absolute Gasteiger partial charge is 0.385 e. The molecule has 7 nitrogen and oxygen atoms in total. The summed E-state index contributed by atoms with van der Waals surface area (Å²) in [7, 11) is -4.32. The van der Waals surface area contributed by atoms with Crippen molar-refractivity contribution in [3.05, 3.63) is 0 Å². The number of aliphatic hydroxyl groups excluding tert-OH is 1. The number of phosphoric acid groups is 1. The second-order valence-corrected chi connectivity index (χ2v) is 5.19. The van der Waals surface area contributed by atoms with Gasteiger partial charge >= 0.3 is 7.82 Å². The maximum absolute atomic E-state index is 11.2. The van der Waals surface area contributed by atoms with E-state index in [2.05, 4.69) is 9.05 Å². The molecular weight excluding hydrogens is 227 g/mol. The number of hydrogen-bond donors (Lipinski definition) is 3. The van der Waals surface area contributed by atoms with Crippen molar-refractivity contribution in [3.8, 4) is 0 Å². The lowest BCUT2D eigenvalue weighted by molar-refractivity contribution is -0.283. The Kier molecular flexibility index (Phi) is 2.67. The van der Waals surface area contributed by atoms with Crippen LogP contribution in [-0.2, 0) is 18.3 Å². The van der Waals surface area contributed by atoms with Crippen LogP contribution in [0.1, 0.15) is 13.3 Å². The van der Waals surface area contributed by atoms with Crippen molar-refractivity contribution in [2.24, 2.45) is 0 Å². The van der Waals surface area contributed by atoms with Crippen LogP contribution >= 0.6 is 7.82 Å². The fourth-order valence-corrected chi connectivity index (χ4v) is 2.82. The van der Waals surface area contributed by atoms with E-state index in [4.69, 9.17) is 9.63 Å². The average Bonchev–Trinajstić information content (AvgIpc) is 2.19. The van der Waals surface area contributed by atoms with Gasteiger partial charge in [0.2, 0.25) is 5.79 Å². The summed E-state index contributed by atoms with van der Waals surface area (Å²) >= 11 is 0. The SMILES string of the molecule is CC1OC2COP(=O)(O)OC(O)(C2)C1O. The van der Waals surface area contributed by atoms with Gasteiger partial charge in [0, 0.05) is 6.42 Å². The second kappa shape index (κ2) is 3.49. The Morgan fingerprint density at radius 3 is 2.87 bits per heavy atom. The molecule has 15 heavy (non-hydrogen) atoms. The maximum Gasteiger partial charge on any atom is 0.474 e. The summed E-state index contributed by atoms with van der Waals surface area (Å²) in [6.45, 7) is 1.39. The molecule has 2 aliphatic heterocycles. The Hall–Kier alpha value is -0.0100. The standard InChI is InChI=1S/C7H13O7P/c1-4-6(8)7(9)2-5(13-4)3-12-15(10,11)14-7/h4-6,8-9H,2-3H2,1H3,(H,10,11). The van der Waals surface area contributed by atoms with Gasteiger partial charge < -0.3 is 19.8 Å². The van der Waals surface area contributed by atoms with E-state index in [-0.39, 0.29) is 13.0 Å². The first-order valence-electron chi connectivity index (χ1n) is 4.56. The largest absolute Gasteiger partial charge is 0.474 e. The minimum absolute atomic E-state index is 0.0942. The van der Waals surface area contributed by atoms with Crippen molar-refractivity contribution in [2.45, 2.75) is 37.4 Å². The summed E-state index contributed by atoms with van der Waals surface area (Å²) in [5, 5.41) is 19.5. The lowest BCUT2D eigenvalue weighted by atomic mass is 9.95. The van der Waals surface area contributed by atoms with Crippen molar-refractivity contribution in [1.29, 1.82) is 0 Å². The lowest BCUT2D eigenvalue weighted by Crippen LogP contribution is -2.57. The number of aliphatic hydroxyl groups is 2. The molecule has 5 atom stereocenters. The highest BCUT2D eigenvalue weighted by Gasteiger charge is 2.54. The molecule has 0 aliphatic carbocycles. The molecule has 2 rings (SSSR count). The Bertz CT molecular complexity index is 308. The summed E-state index contributed by atoms with van der Waals surface area (Å²) in [5.74, 6) is -2.08. The third kappa shape index (κ3) is 2.09. The summed E-state index contributed by atoms with van der Waals surface area (Å²) in [4.78, 5) is 9.16. The van der Waals surface area contributed by atoms with E-state index in [1.165, 1.54) is 0 Å². The zero-order valence-electron chi connectivity index (χ0n) is 8.07. The van der Waals surface area contributed by atoms with Gasteiger partial charge in [0.05, 0.1) is 18.8 Å². The van der Waals surface area contributed by atoms with Gasteiger partial charge in [-0.2, -0.15) is 0 Å². The molecule has 2 aliphatic rings. The molecule has 0 aromatic carbocycles. The van der Waals surface area contributed by atoms with E-state index >= 15 is 0 Å². The third-order valence-corrected chi connectivity index (χ3v) is 3.55. The van der Waals surface area contributed by atoms with Crippen molar-refractivity contribution in [1.82, 2.24) is 0 Å². The zero-order valence-corrected chi connectivity index (χ0v) is 8.96. The molecule has 0 amide bonds. The topological polar surface area (TPSA) is 105 Å². The molecular formula is C7H13O7P. The lowest BCUT2D eigenvalue weighted by Gasteiger charge is -2.40. The number of phosphoric ester groups is 1. The van der Waals surface area contributed by atoms with E-state index in [9.17, 15) is 14.8 Å². The summed E-state index contributed by atoms with van der Waals surface area (Å²) in [6, 6.07) is 0. The molecule has 0 spiro atoms. The molecule has 2 saturated heterocycles. The molecule has 2 bridgehead atoms. The number of fused-ring (bicyclic) bond motifs is 2. The molecule has 8 heteroatoms. The highest BCUT2D eigenvalue weighted by Crippen LogP contribution is 2.52. The normalized spacial score (nSPS) is 56.1. The Morgan fingerprint density at radius 2 is 2.20 bits per heavy atom. The monoisotopic (exact) mass is 240 g/mol. The van der Waals surface area contributed by atoms with Gasteiger partial charge in [0.25, 0.3) is 0 Å². The fraction of sp³-hybridized carbons (Fsp3) is 1.00. The van der Waals surface area contributed by atoms with E-state index in [0.717, 1.165) is 0 Å². The molecule has 2 heterocycles. The number of ether oxygens (including phenoxy) is 1. The van der Waals surface area contributed by atoms with Crippen LogP contribution in [-0.4, -0.2) is 45.8 Å². The van der Waals surface area contributed by atoms with Crippen molar-refractivity contribution < 1.29 is 33.5 Å². The van der Waals surface area contributed by atoms with E-state index in [1.807, 2.05) is 0 Å².